The smallest absolute Gasteiger partial charge is 0.415 e. The molecule has 1 aliphatic carbocycles. The molecule has 1 saturated heterocycles. The van der Waals surface area contributed by atoms with E-state index in [1.165, 1.54) is 11.2 Å². The Morgan fingerprint density at radius 1 is 1.16 bits per heavy atom. The zero-order chi connectivity index (χ0) is 23.1. The third-order valence-electron chi connectivity index (χ3n) is 5.90. The summed E-state index contributed by atoms with van der Waals surface area (Å²) in [7, 11) is -3.76. The minimum absolute atomic E-state index is 0.0889. The van der Waals surface area contributed by atoms with E-state index in [2.05, 4.69) is 4.40 Å². The summed E-state index contributed by atoms with van der Waals surface area (Å²) >= 11 is 0. The third-order valence-corrected chi connectivity index (χ3v) is 6.46. The second-order valence-corrected chi connectivity index (χ2v) is 10.1. The number of piperidine rings is 1. The molecule has 0 unspecified atom stereocenters. The summed E-state index contributed by atoms with van der Waals surface area (Å²) in [5.41, 5.74) is 0.365. The lowest BCUT2D eigenvalue weighted by atomic mass is 9.82. The highest BCUT2D eigenvalue weighted by Gasteiger charge is 2.40. The number of benzene rings is 1. The lowest BCUT2D eigenvalue weighted by Gasteiger charge is -2.34. The largest absolute Gasteiger partial charge is 0.496 e. The Morgan fingerprint density at radius 3 is 2.56 bits per heavy atom. The van der Waals surface area contributed by atoms with Crippen molar-refractivity contribution in [2.45, 2.75) is 56.7 Å². The fourth-order valence-electron chi connectivity index (χ4n) is 4.53. The van der Waals surface area contributed by atoms with E-state index in [9.17, 15) is 26.0 Å². The molecular formula is C21H24F4N2O4S. The van der Waals surface area contributed by atoms with Crippen LogP contribution in [0.4, 0.5) is 17.6 Å². The summed E-state index contributed by atoms with van der Waals surface area (Å²) in [5, 5.41) is 0. The van der Waals surface area contributed by atoms with Gasteiger partial charge < -0.3 is 14.4 Å². The Kier molecular flexibility index (Phi) is 6.12. The van der Waals surface area contributed by atoms with Crippen LogP contribution in [0, 0.1) is 11.6 Å². The molecule has 3 heterocycles. The molecule has 5 rings (SSSR count). The maximum absolute atomic E-state index is 15.0. The van der Waals surface area contributed by atoms with Crippen LogP contribution in [-0.4, -0.2) is 50.6 Å². The number of sulfonamides is 1. The van der Waals surface area contributed by atoms with Crippen molar-refractivity contribution in [3.05, 3.63) is 41.3 Å². The molecule has 2 bridgehead atoms. The number of fused-ring (bicyclic) bond motifs is 5. The summed E-state index contributed by atoms with van der Waals surface area (Å²) in [5.74, 6) is -3.02. The summed E-state index contributed by atoms with van der Waals surface area (Å²) in [6, 6.07) is 1.59. The van der Waals surface area contributed by atoms with Gasteiger partial charge in [0.05, 0.1) is 23.8 Å². The van der Waals surface area contributed by atoms with Gasteiger partial charge >= 0.3 is 6.11 Å². The molecule has 1 aromatic rings. The number of ether oxygens (including phenoxy) is 2. The van der Waals surface area contributed by atoms with E-state index in [4.69, 9.17) is 9.47 Å². The first-order chi connectivity index (χ1) is 15.0. The second-order valence-electron chi connectivity index (χ2n) is 8.45. The first-order valence-corrected chi connectivity index (χ1v) is 12.3. The van der Waals surface area contributed by atoms with Crippen LogP contribution in [0.15, 0.2) is 28.5 Å². The van der Waals surface area contributed by atoms with E-state index in [1.54, 1.807) is 0 Å². The van der Waals surface area contributed by atoms with Gasteiger partial charge in [-0.3, -0.25) is 0 Å². The summed E-state index contributed by atoms with van der Waals surface area (Å²) in [6.45, 7) is -0.792. The molecule has 0 aromatic heterocycles. The van der Waals surface area contributed by atoms with Gasteiger partial charge in [-0.15, -0.1) is 0 Å². The highest BCUT2D eigenvalue weighted by atomic mass is 32.2. The minimum Gasteiger partial charge on any atom is -0.496 e. The topological polar surface area (TPSA) is 68.2 Å². The standard InChI is InChI=1S/C21H24F4N2O4S/c1-32(28,29)26-18-3-2-8-27-12-21(24,25)31-20-16(9-14(22)10-17(20)23)13-4-6-15(7-5-13)30-11-19(18)27/h9-11,13,15H,2-8,12H2,1H3/b19-11-,26-18+. The van der Waals surface area contributed by atoms with E-state index in [-0.39, 0.29) is 42.0 Å². The van der Waals surface area contributed by atoms with Crippen molar-refractivity contribution in [3.8, 4) is 5.75 Å². The van der Waals surface area contributed by atoms with E-state index >= 15 is 0 Å². The van der Waals surface area contributed by atoms with Gasteiger partial charge in [-0.1, -0.05) is 0 Å². The predicted molar refractivity (Wildman–Crippen MR) is 109 cm³/mol. The highest BCUT2D eigenvalue weighted by molar-refractivity contribution is 7.89. The maximum atomic E-state index is 15.0. The van der Waals surface area contributed by atoms with Crippen LogP contribution >= 0.6 is 0 Å². The molecule has 3 aliphatic heterocycles. The molecule has 32 heavy (non-hydrogen) atoms. The Labute approximate surface area is 184 Å². The molecule has 0 amide bonds. The molecule has 2 fully saturated rings. The van der Waals surface area contributed by atoms with Crippen molar-refractivity contribution in [1.82, 2.24) is 4.90 Å². The molecule has 6 nitrogen and oxygen atoms in total. The van der Waals surface area contributed by atoms with E-state index in [0.29, 0.717) is 38.2 Å². The Morgan fingerprint density at radius 2 is 1.88 bits per heavy atom. The molecule has 0 radical (unpaired) electrons. The van der Waals surface area contributed by atoms with Crippen LogP contribution in [0.25, 0.3) is 0 Å². The second kappa shape index (κ2) is 8.57. The van der Waals surface area contributed by atoms with Crippen LogP contribution in [0.3, 0.4) is 0 Å². The lowest BCUT2D eigenvalue weighted by Crippen LogP contribution is -2.44. The van der Waals surface area contributed by atoms with Crippen LogP contribution in [0.2, 0.25) is 0 Å². The van der Waals surface area contributed by atoms with Gasteiger partial charge in [0.15, 0.2) is 11.6 Å². The molecule has 1 saturated carbocycles. The van der Waals surface area contributed by atoms with Crippen molar-refractivity contribution in [3.63, 3.8) is 0 Å². The van der Waals surface area contributed by atoms with Gasteiger partial charge in [0.2, 0.25) is 0 Å². The van der Waals surface area contributed by atoms with Gasteiger partial charge in [-0.2, -0.15) is 13.2 Å². The number of allylic oxidation sites excluding steroid dienone is 1. The maximum Gasteiger partial charge on any atom is 0.415 e. The van der Waals surface area contributed by atoms with Crippen molar-refractivity contribution >= 4 is 15.7 Å². The number of hydrogen-bond acceptors (Lipinski definition) is 5. The number of rotatable bonds is 1. The normalized spacial score (nSPS) is 28.7. The highest BCUT2D eigenvalue weighted by Crippen LogP contribution is 2.42. The Bertz CT molecular complexity index is 1050. The molecule has 0 spiro atoms. The quantitative estimate of drug-likeness (QED) is 0.565. The fourth-order valence-corrected chi connectivity index (χ4v) is 5.12. The van der Waals surface area contributed by atoms with Gasteiger partial charge in [0.1, 0.15) is 18.6 Å². The Balaban J connectivity index is 1.77. The van der Waals surface area contributed by atoms with E-state index in [0.717, 1.165) is 12.3 Å². The first kappa shape index (κ1) is 22.9. The van der Waals surface area contributed by atoms with Gasteiger partial charge in [0, 0.05) is 18.2 Å². The summed E-state index contributed by atoms with van der Waals surface area (Å²) < 4.78 is 96.3. The average molecular weight is 476 g/mol. The number of nitrogens with zero attached hydrogens (tertiary/aromatic N) is 2. The van der Waals surface area contributed by atoms with Crippen LogP contribution in [0.1, 0.15) is 50.0 Å². The average Bonchev–Trinajstić information content (AvgIpc) is 2.69. The van der Waals surface area contributed by atoms with E-state index < -0.39 is 40.1 Å². The van der Waals surface area contributed by atoms with Gasteiger partial charge in [-0.05, 0) is 50.5 Å². The predicted octanol–water partition coefficient (Wildman–Crippen LogP) is 4.33. The van der Waals surface area contributed by atoms with Crippen LogP contribution < -0.4 is 4.74 Å². The SMILES string of the molecule is CS(=O)(=O)/N=C1CCCN2CC(F)(F)Oc3c(F)cc(F)cc3C3CCC(CC3)O\C=C\12. The third kappa shape index (κ3) is 5.19. The minimum atomic E-state index is -3.84. The molecule has 0 N–H and O–H groups in total. The fraction of sp³-hybridized carbons (Fsp3) is 0.571. The molecule has 1 aromatic carbocycles. The first-order valence-electron chi connectivity index (χ1n) is 10.5. The van der Waals surface area contributed by atoms with E-state index in [1.807, 2.05) is 0 Å². The molecular weight excluding hydrogens is 452 g/mol. The molecule has 4 aliphatic rings. The molecule has 11 heteroatoms. The summed E-state index contributed by atoms with van der Waals surface area (Å²) in [4.78, 5) is 1.24. The zero-order valence-electron chi connectivity index (χ0n) is 17.5. The van der Waals surface area contributed by atoms with Crippen LogP contribution in [0.5, 0.6) is 5.75 Å². The lowest BCUT2D eigenvalue weighted by molar-refractivity contribution is -0.187. The van der Waals surface area contributed by atoms with Gasteiger partial charge in [-0.25, -0.2) is 17.2 Å². The van der Waals surface area contributed by atoms with Crippen molar-refractivity contribution in [2.75, 3.05) is 19.3 Å². The Hall–Kier alpha value is -2.30. The van der Waals surface area contributed by atoms with Crippen molar-refractivity contribution in [1.29, 1.82) is 0 Å². The van der Waals surface area contributed by atoms with Crippen LogP contribution in [-0.2, 0) is 14.8 Å². The number of hydrogen-bond donors (Lipinski definition) is 0. The van der Waals surface area contributed by atoms with Gasteiger partial charge in [0.25, 0.3) is 10.0 Å². The monoisotopic (exact) mass is 476 g/mol. The summed E-state index contributed by atoms with van der Waals surface area (Å²) in [6.07, 6.45) is 0.879. The molecule has 0 atom stereocenters. The zero-order valence-corrected chi connectivity index (χ0v) is 18.3. The van der Waals surface area contributed by atoms with Crippen molar-refractivity contribution in [2.24, 2.45) is 4.40 Å². The number of halogens is 4. The number of alkyl halides is 2. The molecule has 176 valence electrons. The van der Waals surface area contributed by atoms with Crippen molar-refractivity contribution < 1.29 is 35.5 Å².